The lowest BCUT2D eigenvalue weighted by molar-refractivity contribution is -0.146. The molecule has 7 nitrogen and oxygen atoms in total. The Kier molecular flexibility index (Phi) is 6.85. The molecule has 1 aliphatic carbocycles. The maximum Gasteiger partial charge on any atom is 0.249 e. The summed E-state index contributed by atoms with van der Waals surface area (Å²) in [5.74, 6) is 0.987. The molecule has 2 aliphatic rings. The molecule has 1 saturated carbocycles. The Morgan fingerprint density at radius 2 is 1.97 bits per heavy atom. The number of carbonyl (C=O) groups is 2. The van der Waals surface area contributed by atoms with Crippen molar-refractivity contribution in [1.29, 1.82) is 0 Å². The Hall–Kier alpha value is -2.48. The van der Waals surface area contributed by atoms with Gasteiger partial charge in [-0.1, -0.05) is 33.6 Å². The summed E-state index contributed by atoms with van der Waals surface area (Å²) in [5.41, 5.74) is 0.857. The minimum atomic E-state index is -0.262. The highest BCUT2D eigenvalue weighted by molar-refractivity contribution is 9.10. The molecule has 2 aromatic rings. The minimum Gasteiger partial charge on any atom is -0.337 e. The van der Waals surface area contributed by atoms with Gasteiger partial charge in [-0.3, -0.25) is 9.59 Å². The van der Waals surface area contributed by atoms with Gasteiger partial charge in [-0.25, -0.2) is 0 Å². The molecule has 8 heteroatoms. The fraction of sp³-hybridized carbons (Fsp3) is 0.478. The largest absolute Gasteiger partial charge is 0.337 e. The molecule has 0 N–H and O–H groups in total. The highest BCUT2D eigenvalue weighted by atomic mass is 79.9. The van der Waals surface area contributed by atoms with Crippen molar-refractivity contribution in [1.82, 2.24) is 19.9 Å². The van der Waals surface area contributed by atoms with Crippen LogP contribution < -0.4 is 0 Å². The van der Waals surface area contributed by atoms with Crippen LogP contribution in [0.3, 0.4) is 0 Å². The first-order valence-corrected chi connectivity index (χ1v) is 11.6. The topological polar surface area (TPSA) is 79.5 Å². The lowest BCUT2D eigenvalue weighted by Gasteiger charge is -2.36. The Morgan fingerprint density at radius 1 is 1.19 bits per heavy atom. The van der Waals surface area contributed by atoms with Crippen LogP contribution in [0, 0.1) is 5.92 Å². The van der Waals surface area contributed by atoms with E-state index in [-0.39, 0.29) is 30.3 Å². The molecule has 0 radical (unpaired) electrons. The van der Waals surface area contributed by atoms with Gasteiger partial charge in [0.25, 0.3) is 0 Å². The van der Waals surface area contributed by atoms with Gasteiger partial charge in [0, 0.05) is 29.0 Å². The van der Waals surface area contributed by atoms with E-state index in [9.17, 15) is 9.59 Å². The van der Waals surface area contributed by atoms with E-state index in [4.69, 9.17) is 4.52 Å². The first kappa shape index (κ1) is 21.7. The number of amides is 2. The molecule has 1 unspecified atom stereocenters. The van der Waals surface area contributed by atoms with Crippen LogP contribution in [0.25, 0.3) is 11.4 Å². The van der Waals surface area contributed by atoms with Gasteiger partial charge in [-0.15, -0.1) is 6.58 Å². The normalized spacial score (nSPS) is 19.0. The summed E-state index contributed by atoms with van der Waals surface area (Å²) < 4.78 is 6.55. The summed E-state index contributed by atoms with van der Waals surface area (Å²) >= 11 is 3.42. The monoisotopic (exact) mass is 486 g/mol. The molecule has 2 amide bonds. The fourth-order valence-corrected chi connectivity index (χ4v) is 4.39. The van der Waals surface area contributed by atoms with Crippen LogP contribution in [-0.2, 0) is 9.59 Å². The first-order valence-electron chi connectivity index (χ1n) is 10.9. The predicted molar refractivity (Wildman–Crippen MR) is 120 cm³/mol. The second-order valence-electron chi connectivity index (χ2n) is 8.20. The van der Waals surface area contributed by atoms with Gasteiger partial charge in [0.1, 0.15) is 12.6 Å². The van der Waals surface area contributed by atoms with Crippen molar-refractivity contribution in [2.24, 2.45) is 5.92 Å². The van der Waals surface area contributed by atoms with Crippen LogP contribution in [0.4, 0.5) is 0 Å². The summed E-state index contributed by atoms with van der Waals surface area (Å²) in [5, 5.41) is 4.13. The van der Waals surface area contributed by atoms with E-state index in [1.807, 2.05) is 24.3 Å². The van der Waals surface area contributed by atoms with Crippen molar-refractivity contribution >= 4 is 27.7 Å². The standard InChI is InChI=1S/C23H27BrN4O3/c1-2-13-27(23(30)17-6-5-7-17)15-20(29)28-14-4-3-8-19(28)22-25-21(26-31-22)16-9-11-18(24)12-10-16/h2,9-12,17,19H,1,3-8,13-15H2. The van der Waals surface area contributed by atoms with Crippen LogP contribution in [0.1, 0.15) is 50.5 Å². The van der Waals surface area contributed by atoms with Gasteiger partial charge >= 0.3 is 0 Å². The summed E-state index contributed by atoms with van der Waals surface area (Å²) in [4.78, 5) is 34.0. The fourth-order valence-electron chi connectivity index (χ4n) is 4.13. The van der Waals surface area contributed by atoms with E-state index in [0.717, 1.165) is 48.6 Å². The first-order chi connectivity index (χ1) is 15.1. The average Bonchev–Trinajstić information content (AvgIpc) is 3.22. The second-order valence-corrected chi connectivity index (χ2v) is 9.11. The number of nitrogens with zero attached hydrogens (tertiary/aromatic N) is 4. The van der Waals surface area contributed by atoms with Gasteiger partial charge in [0.15, 0.2) is 0 Å². The zero-order valence-electron chi connectivity index (χ0n) is 17.5. The molecule has 1 aromatic carbocycles. The molecule has 1 aromatic heterocycles. The molecule has 164 valence electrons. The molecule has 2 heterocycles. The van der Waals surface area contributed by atoms with Crippen molar-refractivity contribution in [3.05, 3.63) is 47.3 Å². The Bertz CT molecular complexity index is 939. The van der Waals surface area contributed by atoms with E-state index >= 15 is 0 Å². The van der Waals surface area contributed by atoms with Crippen LogP contribution in [0.5, 0.6) is 0 Å². The SMILES string of the molecule is C=CCN(CC(=O)N1CCCCC1c1nc(-c2ccc(Br)cc2)no1)C(=O)C1CCC1. The highest BCUT2D eigenvalue weighted by Crippen LogP contribution is 2.32. The van der Waals surface area contributed by atoms with Crippen molar-refractivity contribution in [2.45, 2.75) is 44.6 Å². The number of piperidine rings is 1. The maximum absolute atomic E-state index is 13.2. The quantitative estimate of drug-likeness (QED) is 0.542. The average molecular weight is 487 g/mol. The molecule has 2 fully saturated rings. The number of likely N-dealkylation sites (tertiary alicyclic amines) is 1. The summed E-state index contributed by atoms with van der Waals surface area (Å²) in [6, 6.07) is 7.43. The van der Waals surface area contributed by atoms with Gasteiger partial charge in [0.2, 0.25) is 23.5 Å². The third-order valence-corrected chi connectivity index (χ3v) is 6.62. The van der Waals surface area contributed by atoms with Crippen LogP contribution in [0.15, 0.2) is 45.9 Å². The molecule has 31 heavy (non-hydrogen) atoms. The number of rotatable bonds is 7. The van der Waals surface area contributed by atoms with E-state index in [0.29, 0.717) is 24.8 Å². The number of hydrogen-bond donors (Lipinski definition) is 0. The van der Waals surface area contributed by atoms with Crippen molar-refractivity contribution in [2.75, 3.05) is 19.6 Å². The van der Waals surface area contributed by atoms with Gasteiger partial charge in [0.05, 0.1) is 0 Å². The van der Waals surface area contributed by atoms with Crippen molar-refractivity contribution in [3.8, 4) is 11.4 Å². The molecule has 0 bridgehead atoms. The lowest BCUT2D eigenvalue weighted by Crippen LogP contribution is -2.48. The Balaban J connectivity index is 1.49. The molecular formula is C23H27BrN4O3. The van der Waals surface area contributed by atoms with Gasteiger partial charge in [-0.2, -0.15) is 4.98 Å². The lowest BCUT2D eigenvalue weighted by atomic mass is 9.84. The summed E-state index contributed by atoms with van der Waals surface area (Å²) in [6.45, 7) is 4.82. The van der Waals surface area contributed by atoms with Crippen LogP contribution in [0.2, 0.25) is 0 Å². The van der Waals surface area contributed by atoms with Gasteiger partial charge in [-0.05, 0) is 56.4 Å². The molecule has 4 rings (SSSR count). The zero-order valence-corrected chi connectivity index (χ0v) is 19.1. The molecule has 0 spiro atoms. The smallest absolute Gasteiger partial charge is 0.249 e. The van der Waals surface area contributed by atoms with Crippen LogP contribution in [-0.4, -0.2) is 51.4 Å². The Labute approximate surface area is 190 Å². The van der Waals surface area contributed by atoms with Crippen LogP contribution >= 0.6 is 15.9 Å². The summed E-state index contributed by atoms with van der Waals surface area (Å²) in [6.07, 6.45) is 7.27. The highest BCUT2D eigenvalue weighted by Gasteiger charge is 2.35. The summed E-state index contributed by atoms with van der Waals surface area (Å²) in [7, 11) is 0. The third-order valence-electron chi connectivity index (χ3n) is 6.09. The van der Waals surface area contributed by atoms with Crippen molar-refractivity contribution in [3.63, 3.8) is 0 Å². The van der Waals surface area contributed by atoms with E-state index in [1.165, 1.54) is 0 Å². The maximum atomic E-state index is 13.2. The van der Waals surface area contributed by atoms with E-state index in [1.54, 1.807) is 15.9 Å². The molecule has 1 saturated heterocycles. The van der Waals surface area contributed by atoms with Crippen molar-refractivity contribution < 1.29 is 14.1 Å². The molecular weight excluding hydrogens is 460 g/mol. The van der Waals surface area contributed by atoms with Gasteiger partial charge < -0.3 is 14.3 Å². The number of benzene rings is 1. The minimum absolute atomic E-state index is 0.0503. The van der Waals surface area contributed by atoms with E-state index in [2.05, 4.69) is 32.6 Å². The number of hydrogen-bond acceptors (Lipinski definition) is 5. The zero-order chi connectivity index (χ0) is 21.8. The number of carbonyl (C=O) groups excluding carboxylic acids is 2. The molecule has 1 aliphatic heterocycles. The second kappa shape index (κ2) is 9.77. The van der Waals surface area contributed by atoms with E-state index < -0.39 is 0 Å². The molecule has 1 atom stereocenters. The number of halogens is 1. The number of aromatic nitrogens is 2. The Morgan fingerprint density at radius 3 is 2.65 bits per heavy atom. The third kappa shape index (κ3) is 4.89. The predicted octanol–water partition coefficient (Wildman–Crippen LogP) is 4.37.